The molecule has 5 rings (SSSR count). The molecule has 6 heteroatoms. The lowest BCUT2D eigenvalue weighted by molar-refractivity contribution is 0.579. The zero-order valence-corrected chi connectivity index (χ0v) is 15.0. The first-order valence-electron chi connectivity index (χ1n) is 8.46. The number of rotatable bonds is 4. The molecule has 0 saturated heterocycles. The lowest BCUT2D eigenvalue weighted by Gasteiger charge is -2.03. The van der Waals surface area contributed by atoms with Crippen molar-refractivity contribution in [1.29, 1.82) is 0 Å². The summed E-state index contributed by atoms with van der Waals surface area (Å²) >= 11 is 1.57. The van der Waals surface area contributed by atoms with Crippen molar-refractivity contribution in [1.82, 2.24) is 9.38 Å². The van der Waals surface area contributed by atoms with Gasteiger partial charge in [-0.1, -0.05) is 48.5 Å². The van der Waals surface area contributed by atoms with Crippen molar-refractivity contribution in [2.24, 2.45) is 10.2 Å². The van der Waals surface area contributed by atoms with Crippen LogP contribution in [0, 0.1) is 0 Å². The number of furan rings is 1. The van der Waals surface area contributed by atoms with E-state index >= 15 is 0 Å². The quantitative estimate of drug-likeness (QED) is 0.329. The summed E-state index contributed by atoms with van der Waals surface area (Å²) < 4.78 is 7.76. The lowest BCUT2D eigenvalue weighted by atomic mass is 10.2. The van der Waals surface area contributed by atoms with Crippen molar-refractivity contribution < 1.29 is 4.42 Å². The Morgan fingerprint density at radius 3 is 2.37 bits per heavy atom. The van der Waals surface area contributed by atoms with E-state index in [-0.39, 0.29) is 0 Å². The van der Waals surface area contributed by atoms with Crippen LogP contribution < -0.4 is 0 Å². The Bertz CT molecular complexity index is 1210. The summed E-state index contributed by atoms with van der Waals surface area (Å²) in [4.78, 5) is 5.54. The van der Waals surface area contributed by atoms with Crippen molar-refractivity contribution in [2.45, 2.75) is 0 Å². The Morgan fingerprint density at radius 1 is 0.852 bits per heavy atom. The molecule has 0 N–H and O–H groups in total. The van der Waals surface area contributed by atoms with Gasteiger partial charge in [0.25, 0.3) is 0 Å². The summed E-state index contributed by atoms with van der Waals surface area (Å²) in [5.74, 6) is 1.25. The lowest BCUT2D eigenvalue weighted by Crippen LogP contribution is -1.88. The predicted octanol–water partition coefficient (Wildman–Crippen LogP) is 6.74. The van der Waals surface area contributed by atoms with Crippen LogP contribution in [0.4, 0.5) is 11.5 Å². The highest BCUT2D eigenvalue weighted by Crippen LogP contribution is 2.38. The third kappa shape index (κ3) is 2.86. The monoisotopic (exact) mass is 370 g/mol. The number of aromatic nitrogens is 2. The molecular weight excluding hydrogens is 356 g/mol. The summed E-state index contributed by atoms with van der Waals surface area (Å²) in [6.45, 7) is 0. The number of thiazole rings is 1. The molecule has 0 aliphatic carbocycles. The average Bonchev–Trinajstić information content (AvgIpc) is 3.44. The van der Waals surface area contributed by atoms with E-state index in [9.17, 15) is 0 Å². The van der Waals surface area contributed by atoms with E-state index < -0.39 is 0 Å². The maximum Gasteiger partial charge on any atom is 0.205 e. The number of fused-ring (bicyclic) bond motifs is 1. The van der Waals surface area contributed by atoms with Crippen LogP contribution >= 0.6 is 11.3 Å². The highest BCUT2D eigenvalue weighted by Gasteiger charge is 2.21. The van der Waals surface area contributed by atoms with Crippen LogP contribution in [-0.2, 0) is 0 Å². The Labute approximate surface area is 159 Å². The fraction of sp³-hybridized carbons (Fsp3) is 0. The van der Waals surface area contributed by atoms with Crippen LogP contribution in [0.15, 0.2) is 99.1 Å². The van der Waals surface area contributed by atoms with Gasteiger partial charge in [-0.15, -0.1) is 21.6 Å². The Kier molecular flexibility index (Phi) is 3.88. The minimum absolute atomic E-state index is 0.540. The second-order valence-corrected chi connectivity index (χ2v) is 6.74. The predicted molar refractivity (Wildman–Crippen MR) is 107 cm³/mol. The van der Waals surface area contributed by atoms with Gasteiger partial charge in [-0.3, -0.25) is 4.40 Å². The molecule has 0 bridgehead atoms. The maximum absolute atomic E-state index is 5.68. The fourth-order valence-corrected chi connectivity index (χ4v) is 3.85. The molecule has 0 aliphatic heterocycles. The Hall–Kier alpha value is -3.51. The first kappa shape index (κ1) is 15.7. The molecule has 0 atom stereocenters. The molecule has 130 valence electrons. The second kappa shape index (κ2) is 6.66. The molecule has 5 nitrogen and oxygen atoms in total. The number of hydrogen-bond donors (Lipinski definition) is 0. The van der Waals surface area contributed by atoms with Gasteiger partial charge >= 0.3 is 0 Å². The Balaban J connectivity index is 1.71. The van der Waals surface area contributed by atoms with E-state index in [0.29, 0.717) is 11.6 Å². The van der Waals surface area contributed by atoms with Gasteiger partial charge in [-0.25, -0.2) is 0 Å². The highest BCUT2D eigenvalue weighted by atomic mass is 32.1. The van der Waals surface area contributed by atoms with Crippen LogP contribution in [0.3, 0.4) is 0 Å². The molecule has 3 aromatic heterocycles. The van der Waals surface area contributed by atoms with Gasteiger partial charge in [0, 0.05) is 5.38 Å². The van der Waals surface area contributed by atoms with E-state index in [1.54, 1.807) is 17.6 Å². The number of nitrogens with zero attached hydrogens (tertiary/aromatic N) is 4. The largest absolute Gasteiger partial charge is 0.463 e. The van der Waals surface area contributed by atoms with Crippen molar-refractivity contribution in [3.05, 3.63) is 84.4 Å². The van der Waals surface area contributed by atoms with Gasteiger partial charge in [0.1, 0.15) is 5.69 Å². The SMILES string of the molecule is c1ccc(N=Nc2nc3scc(-c4ccccc4)n3c2-c2ccco2)cc1. The van der Waals surface area contributed by atoms with Gasteiger partial charge in [0.2, 0.25) is 5.82 Å². The molecule has 27 heavy (non-hydrogen) atoms. The second-order valence-electron chi connectivity index (χ2n) is 5.90. The molecular formula is C21H14N4OS. The summed E-state index contributed by atoms with van der Waals surface area (Å²) in [6.07, 6.45) is 1.65. The van der Waals surface area contributed by atoms with Crippen molar-refractivity contribution in [3.8, 4) is 22.7 Å². The maximum atomic E-state index is 5.68. The van der Waals surface area contributed by atoms with Gasteiger partial charge in [0.05, 0.1) is 17.6 Å². The van der Waals surface area contributed by atoms with E-state index in [1.807, 2.05) is 60.7 Å². The summed E-state index contributed by atoms with van der Waals surface area (Å²) in [7, 11) is 0. The number of hydrogen-bond acceptors (Lipinski definition) is 5. The van der Waals surface area contributed by atoms with Crippen LogP contribution in [0.5, 0.6) is 0 Å². The van der Waals surface area contributed by atoms with Crippen molar-refractivity contribution in [3.63, 3.8) is 0 Å². The number of azo groups is 1. The van der Waals surface area contributed by atoms with Crippen molar-refractivity contribution in [2.75, 3.05) is 0 Å². The average molecular weight is 370 g/mol. The third-order valence-electron chi connectivity index (χ3n) is 4.19. The zero-order valence-electron chi connectivity index (χ0n) is 14.2. The Morgan fingerprint density at radius 2 is 1.63 bits per heavy atom. The first-order chi connectivity index (χ1) is 13.4. The zero-order chi connectivity index (χ0) is 18.1. The molecule has 0 unspecified atom stereocenters. The van der Waals surface area contributed by atoms with Gasteiger partial charge in [-0.05, 0) is 29.8 Å². The molecule has 0 aliphatic rings. The van der Waals surface area contributed by atoms with Gasteiger partial charge in [-0.2, -0.15) is 4.98 Å². The van der Waals surface area contributed by atoms with E-state index in [4.69, 9.17) is 9.40 Å². The molecule has 5 aromatic rings. The van der Waals surface area contributed by atoms with Crippen LogP contribution in [0.25, 0.3) is 27.7 Å². The van der Waals surface area contributed by atoms with E-state index in [1.165, 1.54) is 0 Å². The summed E-state index contributed by atoms with van der Waals surface area (Å²) in [6, 6.07) is 23.6. The molecule has 0 spiro atoms. The molecule has 2 aromatic carbocycles. The topological polar surface area (TPSA) is 55.2 Å². The first-order valence-corrected chi connectivity index (χ1v) is 9.34. The standard InChI is InChI=1S/C21H14N4OS/c1-3-8-15(9-4-1)17-14-27-21-22-20(24-23-16-10-5-2-6-11-16)19(25(17)21)18-12-7-13-26-18/h1-14H. The molecule has 3 heterocycles. The fourth-order valence-electron chi connectivity index (χ4n) is 2.96. The van der Waals surface area contributed by atoms with E-state index in [2.05, 4.69) is 32.1 Å². The molecule has 0 amide bonds. The molecule has 0 saturated carbocycles. The van der Waals surface area contributed by atoms with Crippen LogP contribution in [0.1, 0.15) is 0 Å². The minimum atomic E-state index is 0.540. The van der Waals surface area contributed by atoms with Crippen molar-refractivity contribution >= 4 is 27.8 Å². The minimum Gasteiger partial charge on any atom is -0.463 e. The normalized spacial score (nSPS) is 11.6. The summed E-state index contributed by atoms with van der Waals surface area (Å²) in [5, 5.41) is 10.9. The van der Waals surface area contributed by atoms with Gasteiger partial charge in [0.15, 0.2) is 10.7 Å². The molecule has 0 fully saturated rings. The number of imidazole rings is 1. The van der Waals surface area contributed by atoms with Crippen LogP contribution in [0.2, 0.25) is 0 Å². The highest BCUT2D eigenvalue weighted by molar-refractivity contribution is 7.15. The van der Waals surface area contributed by atoms with E-state index in [0.717, 1.165) is 27.6 Å². The molecule has 0 radical (unpaired) electrons. The smallest absolute Gasteiger partial charge is 0.205 e. The van der Waals surface area contributed by atoms with Crippen LogP contribution in [-0.4, -0.2) is 9.38 Å². The summed E-state index contributed by atoms with van der Waals surface area (Å²) in [5.41, 5.74) is 3.74. The third-order valence-corrected chi connectivity index (χ3v) is 5.01. The van der Waals surface area contributed by atoms with Gasteiger partial charge < -0.3 is 4.42 Å². The number of benzene rings is 2.